The van der Waals surface area contributed by atoms with E-state index in [4.69, 9.17) is 0 Å². The number of benzene rings is 1. The number of alkyl halides is 1. The molecule has 3 unspecified atom stereocenters. The first-order valence-corrected chi connectivity index (χ1v) is 7.22. The summed E-state index contributed by atoms with van der Waals surface area (Å²) in [5, 5.41) is 12.7. The normalized spacial score (nSPS) is 22.6. The second-order valence-corrected chi connectivity index (χ2v) is 6.95. The van der Waals surface area contributed by atoms with Crippen molar-refractivity contribution in [1.82, 2.24) is 0 Å². The second kappa shape index (κ2) is 5.00. The molecule has 1 aliphatic heterocycles. The number of nitrogens with one attached hydrogen (secondary N) is 1. The molecule has 1 amide bonds. The van der Waals surface area contributed by atoms with Gasteiger partial charge in [0.1, 0.15) is 0 Å². The fourth-order valence-electron chi connectivity index (χ4n) is 1.68. The summed E-state index contributed by atoms with van der Waals surface area (Å²) in [6.45, 7) is 3.77. The van der Waals surface area contributed by atoms with Crippen LogP contribution in [0.25, 0.3) is 0 Å². The minimum Gasteiger partial charge on any atom is -0.387 e. The van der Waals surface area contributed by atoms with Crippen LogP contribution >= 0.6 is 27.7 Å². The van der Waals surface area contributed by atoms with E-state index in [9.17, 15) is 9.90 Å². The Kier molecular flexibility index (Phi) is 3.80. The Bertz CT molecular complexity index is 450. The van der Waals surface area contributed by atoms with Gasteiger partial charge in [0, 0.05) is 9.72 Å². The number of carbonyl (C=O) groups excluding carboxylic acids is 1. The summed E-state index contributed by atoms with van der Waals surface area (Å²) in [7, 11) is 0. The maximum absolute atomic E-state index is 11.6. The smallest absolute Gasteiger partial charge is 0.237 e. The van der Waals surface area contributed by atoms with Crippen LogP contribution in [-0.4, -0.2) is 21.1 Å². The van der Waals surface area contributed by atoms with E-state index in [1.54, 1.807) is 11.8 Å². The molecule has 1 aromatic rings. The van der Waals surface area contributed by atoms with E-state index in [-0.39, 0.29) is 16.0 Å². The number of hydrogen-bond acceptors (Lipinski definition) is 3. The Morgan fingerprint density at radius 3 is 2.88 bits per heavy atom. The van der Waals surface area contributed by atoms with Crippen LogP contribution in [-0.2, 0) is 4.79 Å². The van der Waals surface area contributed by atoms with Crippen LogP contribution in [0.2, 0.25) is 0 Å². The van der Waals surface area contributed by atoms with Crippen LogP contribution in [0.1, 0.15) is 25.5 Å². The molecule has 0 spiro atoms. The molecule has 3 nitrogen and oxygen atoms in total. The summed E-state index contributed by atoms with van der Waals surface area (Å²) in [6.07, 6.45) is -0.568. The highest BCUT2D eigenvalue weighted by Crippen LogP contribution is 2.37. The Hall–Kier alpha value is -0.520. The summed E-state index contributed by atoms with van der Waals surface area (Å²) in [4.78, 5) is 12.6. The molecule has 0 aliphatic carbocycles. The summed E-state index contributed by atoms with van der Waals surface area (Å²) in [6, 6.07) is 5.69. The molecular formula is C12H14BrNO2S. The van der Waals surface area contributed by atoms with Crippen molar-refractivity contribution >= 4 is 39.3 Å². The number of thioether (sulfide) groups is 1. The lowest BCUT2D eigenvalue weighted by atomic mass is 10.1. The molecule has 0 fully saturated rings. The van der Waals surface area contributed by atoms with Crippen molar-refractivity contribution in [2.45, 2.75) is 34.9 Å². The van der Waals surface area contributed by atoms with E-state index >= 15 is 0 Å². The summed E-state index contributed by atoms with van der Waals surface area (Å²) in [5.74, 6) is 0.0148. The standard InChI is InChI=1S/C12H14BrNO2S/c1-6(13)11(15)8-3-4-10-9(5-8)14-12(16)7(2)17-10/h3-7,11,15H,1-2H3,(H,14,16). The molecular weight excluding hydrogens is 302 g/mol. The van der Waals surface area contributed by atoms with Gasteiger partial charge in [-0.05, 0) is 31.5 Å². The van der Waals surface area contributed by atoms with Crippen LogP contribution in [0.3, 0.4) is 0 Å². The number of hydrogen-bond donors (Lipinski definition) is 2. The van der Waals surface area contributed by atoms with Gasteiger partial charge < -0.3 is 10.4 Å². The lowest BCUT2D eigenvalue weighted by molar-refractivity contribution is -0.115. The number of fused-ring (bicyclic) bond motifs is 1. The Morgan fingerprint density at radius 2 is 2.24 bits per heavy atom. The number of anilines is 1. The fraction of sp³-hybridized carbons (Fsp3) is 0.417. The Labute approximate surface area is 113 Å². The van der Waals surface area contributed by atoms with Crippen molar-refractivity contribution in [2.75, 3.05) is 5.32 Å². The molecule has 0 bridgehead atoms. The molecule has 5 heteroatoms. The maximum atomic E-state index is 11.6. The third-order valence-corrected chi connectivity index (χ3v) is 4.39. The van der Waals surface area contributed by atoms with Gasteiger partial charge in [0.25, 0.3) is 0 Å². The number of aliphatic hydroxyl groups is 1. The van der Waals surface area contributed by atoms with Gasteiger partial charge in [-0.2, -0.15) is 0 Å². The first-order valence-electron chi connectivity index (χ1n) is 5.42. The molecule has 2 rings (SSSR count). The average Bonchev–Trinajstić information content (AvgIpc) is 2.29. The number of halogens is 1. The van der Waals surface area contributed by atoms with Gasteiger partial charge in [0.2, 0.25) is 5.91 Å². The molecule has 3 atom stereocenters. The van der Waals surface area contributed by atoms with E-state index < -0.39 is 6.10 Å². The van der Waals surface area contributed by atoms with Gasteiger partial charge in [-0.1, -0.05) is 22.0 Å². The van der Waals surface area contributed by atoms with Crippen molar-refractivity contribution < 1.29 is 9.90 Å². The van der Waals surface area contributed by atoms with E-state index in [1.165, 1.54) is 0 Å². The van der Waals surface area contributed by atoms with Gasteiger partial charge >= 0.3 is 0 Å². The van der Waals surface area contributed by atoms with Gasteiger partial charge in [-0.15, -0.1) is 11.8 Å². The summed E-state index contributed by atoms with van der Waals surface area (Å²) >= 11 is 4.89. The fourth-order valence-corrected chi connectivity index (χ4v) is 2.91. The van der Waals surface area contributed by atoms with Crippen molar-refractivity contribution in [3.05, 3.63) is 23.8 Å². The van der Waals surface area contributed by atoms with Crippen molar-refractivity contribution in [3.63, 3.8) is 0 Å². The second-order valence-electron chi connectivity index (χ2n) is 4.13. The molecule has 1 aromatic carbocycles. The molecule has 2 N–H and O–H groups in total. The zero-order valence-electron chi connectivity index (χ0n) is 9.61. The summed E-state index contributed by atoms with van der Waals surface area (Å²) < 4.78 is 0. The molecule has 1 aliphatic rings. The van der Waals surface area contributed by atoms with Crippen molar-refractivity contribution in [3.8, 4) is 0 Å². The van der Waals surface area contributed by atoms with Gasteiger partial charge in [-0.3, -0.25) is 4.79 Å². The third kappa shape index (κ3) is 2.67. The van der Waals surface area contributed by atoms with Crippen LogP contribution in [0.5, 0.6) is 0 Å². The average molecular weight is 316 g/mol. The molecule has 92 valence electrons. The quantitative estimate of drug-likeness (QED) is 0.825. The monoisotopic (exact) mass is 315 g/mol. The largest absolute Gasteiger partial charge is 0.387 e. The maximum Gasteiger partial charge on any atom is 0.237 e. The zero-order chi connectivity index (χ0) is 12.6. The lowest BCUT2D eigenvalue weighted by Gasteiger charge is -2.23. The zero-order valence-corrected chi connectivity index (χ0v) is 12.0. The first-order chi connectivity index (χ1) is 7.99. The number of aliphatic hydroxyl groups excluding tert-OH is 1. The van der Waals surface area contributed by atoms with Gasteiger partial charge in [0.15, 0.2) is 0 Å². The van der Waals surface area contributed by atoms with E-state index in [0.29, 0.717) is 0 Å². The Balaban J connectivity index is 2.32. The molecule has 1 heterocycles. The van der Waals surface area contributed by atoms with Crippen molar-refractivity contribution in [1.29, 1.82) is 0 Å². The molecule has 0 saturated carbocycles. The number of carbonyl (C=O) groups is 1. The molecule has 17 heavy (non-hydrogen) atoms. The minimum absolute atomic E-state index is 0.0148. The first kappa shape index (κ1) is 12.9. The van der Waals surface area contributed by atoms with Crippen LogP contribution in [0, 0.1) is 0 Å². The van der Waals surface area contributed by atoms with Crippen LogP contribution < -0.4 is 5.32 Å². The minimum atomic E-state index is -0.568. The van der Waals surface area contributed by atoms with Crippen molar-refractivity contribution in [2.24, 2.45) is 0 Å². The topological polar surface area (TPSA) is 49.3 Å². The van der Waals surface area contributed by atoms with E-state index in [1.807, 2.05) is 32.0 Å². The number of amides is 1. The lowest BCUT2D eigenvalue weighted by Crippen LogP contribution is -2.26. The van der Waals surface area contributed by atoms with E-state index in [2.05, 4.69) is 21.2 Å². The highest BCUT2D eigenvalue weighted by Gasteiger charge is 2.24. The molecule has 0 saturated heterocycles. The van der Waals surface area contributed by atoms with Crippen LogP contribution in [0.4, 0.5) is 5.69 Å². The van der Waals surface area contributed by atoms with Crippen LogP contribution in [0.15, 0.2) is 23.1 Å². The van der Waals surface area contributed by atoms with Gasteiger partial charge in [-0.25, -0.2) is 0 Å². The predicted octanol–water partition coefficient (Wildman–Crippen LogP) is 2.94. The third-order valence-electron chi connectivity index (χ3n) is 2.71. The highest BCUT2D eigenvalue weighted by atomic mass is 79.9. The molecule has 0 aromatic heterocycles. The highest BCUT2D eigenvalue weighted by molar-refractivity contribution is 9.09. The SMILES string of the molecule is CC1Sc2ccc(C(O)C(C)Br)cc2NC1=O. The number of rotatable bonds is 2. The predicted molar refractivity (Wildman–Crippen MR) is 73.7 cm³/mol. The van der Waals surface area contributed by atoms with Gasteiger partial charge in [0.05, 0.1) is 17.0 Å². The van der Waals surface area contributed by atoms with E-state index in [0.717, 1.165) is 16.1 Å². The molecule has 0 radical (unpaired) electrons. The Morgan fingerprint density at radius 1 is 1.53 bits per heavy atom. The summed E-state index contributed by atoms with van der Waals surface area (Å²) in [5.41, 5.74) is 1.60.